The van der Waals surface area contributed by atoms with Crippen LogP contribution in [0.2, 0.25) is 0 Å². The second-order valence-electron chi connectivity index (χ2n) is 4.21. The highest BCUT2D eigenvalue weighted by Gasteiger charge is 2.13. The molecule has 2 rings (SSSR count). The average Bonchev–Trinajstić information content (AvgIpc) is 2.46. The van der Waals surface area contributed by atoms with Crippen molar-refractivity contribution >= 4 is 0 Å². The predicted octanol–water partition coefficient (Wildman–Crippen LogP) is 1.79. The summed E-state index contributed by atoms with van der Waals surface area (Å²) in [6.07, 6.45) is 9.14. The summed E-state index contributed by atoms with van der Waals surface area (Å²) in [6.45, 7) is 2.12. The molecule has 0 spiro atoms. The molecule has 0 saturated carbocycles. The topological polar surface area (TPSA) is 63.8 Å². The number of nitrogens with zero attached hydrogens (tertiary/aromatic N) is 2. The molecule has 4 heteroatoms. The first-order valence-corrected chi connectivity index (χ1v) is 6.13. The molecule has 1 atom stereocenters. The zero-order valence-corrected chi connectivity index (χ0v) is 10.5. The van der Waals surface area contributed by atoms with E-state index in [1.807, 2.05) is 30.7 Å². The summed E-state index contributed by atoms with van der Waals surface area (Å²) in [6, 6.07) is 6.12. The van der Waals surface area contributed by atoms with Crippen molar-refractivity contribution in [3.8, 4) is 0 Å². The molecule has 1 unspecified atom stereocenters. The van der Waals surface area contributed by atoms with E-state index in [9.17, 15) is 0 Å². The van der Waals surface area contributed by atoms with Gasteiger partial charge in [0.25, 0.3) is 0 Å². The zero-order valence-electron chi connectivity index (χ0n) is 10.5. The standard InChI is InChI=1S/C14H18N4/c1-2-12-10-17-7-5-13(12)14(18-15)8-11-4-3-6-16-9-11/h3-7,9-10,14,18H,2,8,15H2,1H3. The van der Waals surface area contributed by atoms with Crippen LogP contribution in [0.25, 0.3) is 0 Å². The van der Waals surface area contributed by atoms with Gasteiger partial charge >= 0.3 is 0 Å². The van der Waals surface area contributed by atoms with Crippen LogP contribution in [0, 0.1) is 0 Å². The summed E-state index contributed by atoms with van der Waals surface area (Å²) in [4.78, 5) is 8.29. The van der Waals surface area contributed by atoms with Gasteiger partial charge in [-0.1, -0.05) is 13.0 Å². The summed E-state index contributed by atoms with van der Waals surface area (Å²) in [7, 11) is 0. The molecule has 2 aromatic heterocycles. The van der Waals surface area contributed by atoms with E-state index >= 15 is 0 Å². The van der Waals surface area contributed by atoms with Gasteiger partial charge in [0.15, 0.2) is 0 Å². The number of hydrogen-bond donors (Lipinski definition) is 2. The predicted molar refractivity (Wildman–Crippen MR) is 71.6 cm³/mol. The van der Waals surface area contributed by atoms with Gasteiger partial charge in [-0.05, 0) is 41.7 Å². The van der Waals surface area contributed by atoms with Crippen molar-refractivity contribution in [3.05, 3.63) is 59.7 Å². The highest BCUT2D eigenvalue weighted by molar-refractivity contribution is 5.28. The van der Waals surface area contributed by atoms with Crippen LogP contribution in [0.15, 0.2) is 43.0 Å². The minimum Gasteiger partial charge on any atom is -0.271 e. The average molecular weight is 242 g/mol. The van der Waals surface area contributed by atoms with Crippen LogP contribution in [-0.4, -0.2) is 9.97 Å². The van der Waals surface area contributed by atoms with Gasteiger partial charge in [-0.15, -0.1) is 0 Å². The van der Waals surface area contributed by atoms with E-state index in [1.54, 1.807) is 6.20 Å². The summed E-state index contributed by atoms with van der Waals surface area (Å²) >= 11 is 0. The summed E-state index contributed by atoms with van der Waals surface area (Å²) in [5.74, 6) is 5.69. The van der Waals surface area contributed by atoms with Crippen LogP contribution in [-0.2, 0) is 12.8 Å². The number of nitrogens with one attached hydrogen (secondary N) is 1. The quantitative estimate of drug-likeness (QED) is 0.619. The molecular weight excluding hydrogens is 224 g/mol. The number of aryl methyl sites for hydroxylation is 1. The molecule has 0 bridgehead atoms. The number of pyridine rings is 2. The number of hydrazine groups is 1. The van der Waals surface area contributed by atoms with Crippen molar-refractivity contribution in [2.45, 2.75) is 25.8 Å². The van der Waals surface area contributed by atoms with Crippen LogP contribution < -0.4 is 11.3 Å². The molecular formula is C14H18N4. The van der Waals surface area contributed by atoms with Crippen LogP contribution in [0.1, 0.15) is 29.7 Å². The van der Waals surface area contributed by atoms with Crippen molar-refractivity contribution in [1.29, 1.82) is 0 Å². The fraction of sp³-hybridized carbons (Fsp3) is 0.286. The lowest BCUT2D eigenvalue weighted by atomic mass is 9.96. The van der Waals surface area contributed by atoms with E-state index in [4.69, 9.17) is 5.84 Å². The van der Waals surface area contributed by atoms with Crippen molar-refractivity contribution in [2.75, 3.05) is 0 Å². The van der Waals surface area contributed by atoms with Crippen molar-refractivity contribution < 1.29 is 0 Å². The number of aromatic nitrogens is 2. The van der Waals surface area contributed by atoms with Gasteiger partial charge in [0.2, 0.25) is 0 Å². The van der Waals surface area contributed by atoms with Crippen LogP contribution >= 0.6 is 0 Å². The van der Waals surface area contributed by atoms with Gasteiger partial charge in [-0.2, -0.15) is 0 Å². The lowest BCUT2D eigenvalue weighted by Crippen LogP contribution is -2.30. The Morgan fingerprint density at radius 1 is 1.22 bits per heavy atom. The first kappa shape index (κ1) is 12.7. The van der Waals surface area contributed by atoms with Gasteiger partial charge in [0, 0.05) is 24.8 Å². The van der Waals surface area contributed by atoms with E-state index in [0.717, 1.165) is 12.8 Å². The monoisotopic (exact) mass is 242 g/mol. The normalized spacial score (nSPS) is 12.3. The van der Waals surface area contributed by atoms with Crippen LogP contribution in [0.4, 0.5) is 0 Å². The van der Waals surface area contributed by atoms with E-state index in [-0.39, 0.29) is 6.04 Å². The molecule has 0 aliphatic rings. The van der Waals surface area contributed by atoms with Crippen LogP contribution in [0.5, 0.6) is 0 Å². The highest BCUT2D eigenvalue weighted by Crippen LogP contribution is 2.20. The molecule has 3 N–H and O–H groups in total. The minimum absolute atomic E-state index is 0.0900. The van der Waals surface area contributed by atoms with Crippen molar-refractivity contribution in [2.24, 2.45) is 5.84 Å². The Bertz CT molecular complexity index is 484. The van der Waals surface area contributed by atoms with Gasteiger partial charge in [0.1, 0.15) is 0 Å². The largest absolute Gasteiger partial charge is 0.271 e. The Labute approximate surface area is 107 Å². The molecule has 0 aliphatic heterocycles. The molecule has 94 valence electrons. The van der Waals surface area contributed by atoms with Crippen LogP contribution in [0.3, 0.4) is 0 Å². The Morgan fingerprint density at radius 2 is 2.06 bits per heavy atom. The van der Waals surface area contributed by atoms with Gasteiger partial charge in [-0.3, -0.25) is 21.2 Å². The number of hydrogen-bond acceptors (Lipinski definition) is 4. The maximum Gasteiger partial charge on any atom is 0.0504 e. The molecule has 0 aromatic carbocycles. The molecule has 0 amide bonds. The smallest absolute Gasteiger partial charge is 0.0504 e. The summed E-state index contributed by atoms with van der Waals surface area (Å²) in [5.41, 5.74) is 6.49. The molecule has 18 heavy (non-hydrogen) atoms. The Balaban J connectivity index is 2.23. The maximum atomic E-state index is 5.69. The van der Waals surface area contributed by atoms with Crippen molar-refractivity contribution in [3.63, 3.8) is 0 Å². The third-order valence-corrected chi connectivity index (χ3v) is 3.06. The number of rotatable bonds is 5. The molecule has 0 aliphatic carbocycles. The van der Waals surface area contributed by atoms with E-state index in [0.29, 0.717) is 0 Å². The number of nitrogens with two attached hydrogens (primary N) is 1. The third kappa shape index (κ3) is 2.91. The fourth-order valence-corrected chi connectivity index (χ4v) is 2.09. The van der Waals surface area contributed by atoms with E-state index < -0.39 is 0 Å². The molecule has 0 saturated heterocycles. The second-order valence-corrected chi connectivity index (χ2v) is 4.21. The van der Waals surface area contributed by atoms with Gasteiger partial charge in [0.05, 0.1) is 6.04 Å². The SMILES string of the molecule is CCc1cnccc1C(Cc1cccnc1)NN. The Morgan fingerprint density at radius 3 is 2.72 bits per heavy atom. The van der Waals surface area contributed by atoms with Gasteiger partial charge < -0.3 is 0 Å². The Hall–Kier alpha value is -1.78. The minimum atomic E-state index is 0.0900. The third-order valence-electron chi connectivity index (χ3n) is 3.06. The van der Waals surface area contributed by atoms with Gasteiger partial charge in [-0.25, -0.2) is 0 Å². The first-order valence-electron chi connectivity index (χ1n) is 6.13. The molecule has 2 aromatic rings. The van der Waals surface area contributed by atoms with Crippen molar-refractivity contribution in [1.82, 2.24) is 15.4 Å². The molecule has 2 heterocycles. The lowest BCUT2D eigenvalue weighted by Gasteiger charge is -2.19. The summed E-state index contributed by atoms with van der Waals surface area (Å²) in [5, 5.41) is 0. The second kappa shape index (κ2) is 6.23. The first-order chi connectivity index (χ1) is 8.85. The van der Waals surface area contributed by atoms with E-state index in [2.05, 4.69) is 28.4 Å². The Kier molecular flexibility index (Phi) is 4.39. The zero-order chi connectivity index (χ0) is 12.8. The highest BCUT2D eigenvalue weighted by atomic mass is 15.2. The lowest BCUT2D eigenvalue weighted by molar-refractivity contribution is 0.546. The van der Waals surface area contributed by atoms with E-state index in [1.165, 1.54) is 16.7 Å². The molecule has 0 fully saturated rings. The molecule has 4 nitrogen and oxygen atoms in total. The maximum absolute atomic E-state index is 5.69. The molecule has 0 radical (unpaired) electrons. The fourth-order valence-electron chi connectivity index (χ4n) is 2.09. The summed E-state index contributed by atoms with van der Waals surface area (Å²) < 4.78 is 0.